The van der Waals surface area contributed by atoms with Crippen molar-refractivity contribution >= 4 is 21.9 Å². The number of aromatic carboxylic acids is 1. The SMILES string of the molecule is O=C(O)c1ccncc1OCc1ccc(F)cc1Br. The van der Waals surface area contributed by atoms with E-state index in [2.05, 4.69) is 20.9 Å². The third-order valence-corrected chi connectivity index (χ3v) is 3.15. The number of nitrogens with zero attached hydrogens (tertiary/aromatic N) is 1. The molecule has 0 aliphatic heterocycles. The molecule has 4 nitrogen and oxygen atoms in total. The van der Waals surface area contributed by atoms with Crippen LogP contribution < -0.4 is 4.74 Å². The van der Waals surface area contributed by atoms with E-state index in [0.717, 1.165) is 0 Å². The van der Waals surface area contributed by atoms with Gasteiger partial charge in [-0.15, -0.1) is 0 Å². The summed E-state index contributed by atoms with van der Waals surface area (Å²) in [6.07, 6.45) is 2.71. The number of aromatic nitrogens is 1. The van der Waals surface area contributed by atoms with Crippen molar-refractivity contribution < 1.29 is 19.0 Å². The van der Waals surface area contributed by atoms with Crippen LogP contribution in [0.1, 0.15) is 15.9 Å². The Morgan fingerprint density at radius 3 is 2.89 bits per heavy atom. The number of carboxylic acids is 1. The van der Waals surface area contributed by atoms with Crippen molar-refractivity contribution in [3.8, 4) is 5.75 Å². The van der Waals surface area contributed by atoms with Crippen LogP contribution in [0.5, 0.6) is 5.75 Å². The highest BCUT2D eigenvalue weighted by molar-refractivity contribution is 9.10. The summed E-state index contributed by atoms with van der Waals surface area (Å²) in [5.74, 6) is -1.27. The second-order valence-corrected chi connectivity index (χ2v) is 4.56. The van der Waals surface area contributed by atoms with Crippen molar-refractivity contribution in [3.63, 3.8) is 0 Å². The highest BCUT2D eigenvalue weighted by atomic mass is 79.9. The zero-order valence-corrected chi connectivity index (χ0v) is 11.2. The van der Waals surface area contributed by atoms with Crippen LogP contribution in [0.15, 0.2) is 41.1 Å². The molecule has 0 aliphatic rings. The third-order valence-electron chi connectivity index (χ3n) is 2.41. The summed E-state index contributed by atoms with van der Waals surface area (Å²) in [4.78, 5) is 14.8. The monoisotopic (exact) mass is 325 g/mol. The zero-order valence-electron chi connectivity index (χ0n) is 9.64. The van der Waals surface area contributed by atoms with Crippen LogP contribution in [0.2, 0.25) is 0 Å². The largest absolute Gasteiger partial charge is 0.486 e. The van der Waals surface area contributed by atoms with Crippen LogP contribution in [-0.4, -0.2) is 16.1 Å². The van der Waals surface area contributed by atoms with E-state index in [-0.39, 0.29) is 23.7 Å². The van der Waals surface area contributed by atoms with Crippen molar-refractivity contribution in [2.45, 2.75) is 6.61 Å². The van der Waals surface area contributed by atoms with Crippen molar-refractivity contribution in [1.29, 1.82) is 0 Å². The molecule has 0 radical (unpaired) electrons. The minimum Gasteiger partial charge on any atom is -0.486 e. The predicted molar refractivity (Wildman–Crippen MR) is 69.6 cm³/mol. The van der Waals surface area contributed by atoms with E-state index in [0.29, 0.717) is 10.0 Å². The lowest BCUT2D eigenvalue weighted by Crippen LogP contribution is -2.04. The van der Waals surface area contributed by atoms with Gasteiger partial charge in [-0.05, 0) is 18.2 Å². The Labute approximate surface area is 117 Å². The molecule has 1 heterocycles. The molecule has 19 heavy (non-hydrogen) atoms. The Hall–Kier alpha value is -1.95. The number of pyridine rings is 1. The van der Waals surface area contributed by atoms with Crippen LogP contribution in [0, 0.1) is 5.82 Å². The average molecular weight is 326 g/mol. The van der Waals surface area contributed by atoms with Crippen molar-refractivity contribution in [2.75, 3.05) is 0 Å². The van der Waals surface area contributed by atoms with Gasteiger partial charge in [0.1, 0.15) is 18.0 Å². The van der Waals surface area contributed by atoms with Crippen LogP contribution in [-0.2, 0) is 6.61 Å². The number of halogens is 2. The maximum atomic E-state index is 12.9. The number of benzene rings is 1. The first-order valence-corrected chi connectivity index (χ1v) is 6.11. The summed E-state index contributed by atoms with van der Waals surface area (Å²) in [5.41, 5.74) is 0.745. The van der Waals surface area contributed by atoms with E-state index < -0.39 is 5.97 Å². The van der Waals surface area contributed by atoms with Gasteiger partial charge in [0, 0.05) is 16.2 Å². The molecule has 0 saturated heterocycles. The Kier molecular flexibility index (Phi) is 4.11. The van der Waals surface area contributed by atoms with E-state index in [4.69, 9.17) is 9.84 Å². The Morgan fingerprint density at radius 1 is 1.42 bits per heavy atom. The first kappa shape index (κ1) is 13.5. The average Bonchev–Trinajstić information content (AvgIpc) is 2.38. The maximum Gasteiger partial charge on any atom is 0.339 e. The summed E-state index contributed by atoms with van der Waals surface area (Å²) in [6.45, 7) is 0.118. The highest BCUT2D eigenvalue weighted by Crippen LogP contribution is 2.22. The first-order valence-electron chi connectivity index (χ1n) is 5.32. The van der Waals surface area contributed by atoms with Crippen LogP contribution in [0.4, 0.5) is 4.39 Å². The summed E-state index contributed by atoms with van der Waals surface area (Å²) < 4.78 is 18.9. The number of ether oxygens (including phenoxy) is 1. The number of hydrogen-bond acceptors (Lipinski definition) is 3. The molecule has 0 saturated carbocycles. The molecule has 2 aromatic rings. The fourth-order valence-corrected chi connectivity index (χ4v) is 1.93. The molecule has 98 valence electrons. The van der Waals surface area contributed by atoms with Gasteiger partial charge in [-0.2, -0.15) is 0 Å². The second-order valence-electron chi connectivity index (χ2n) is 3.70. The summed E-state index contributed by atoms with van der Waals surface area (Å²) >= 11 is 3.22. The van der Waals surface area contributed by atoms with Gasteiger partial charge in [0.15, 0.2) is 5.75 Å². The summed E-state index contributed by atoms with van der Waals surface area (Å²) in [5, 5.41) is 8.99. The van der Waals surface area contributed by atoms with E-state index in [1.54, 1.807) is 6.07 Å². The number of rotatable bonds is 4. The lowest BCUT2D eigenvalue weighted by molar-refractivity contribution is 0.0691. The standard InChI is InChI=1S/C13H9BrFNO3/c14-11-5-9(15)2-1-8(11)7-19-12-6-16-4-3-10(12)13(17)18/h1-6H,7H2,(H,17,18). The number of hydrogen-bond donors (Lipinski definition) is 1. The molecule has 6 heteroatoms. The number of carbonyl (C=O) groups is 1. The second kappa shape index (κ2) is 5.79. The lowest BCUT2D eigenvalue weighted by Gasteiger charge is -2.09. The van der Waals surface area contributed by atoms with Gasteiger partial charge in [-0.1, -0.05) is 22.0 Å². The van der Waals surface area contributed by atoms with Gasteiger partial charge in [0.05, 0.1) is 6.20 Å². The van der Waals surface area contributed by atoms with Gasteiger partial charge < -0.3 is 9.84 Å². The fourth-order valence-electron chi connectivity index (χ4n) is 1.47. The Balaban J connectivity index is 2.17. The molecule has 0 bridgehead atoms. The quantitative estimate of drug-likeness (QED) is 0.937. The third kappa shape index (κ3) is 3.29. The zero-order chi connectivity index (χ0) is 13.8. The Bertz CT molecular complexity index is 619. The van der Waals surface area contributed by atoms with E-state index >= 15 is 0 Å². The topological polar surface area (TPSA) is 59.4 Å². The molecule has 0 unspecified atom stereocenters. The van der Waals surface area contributed by atoms with E-state index in [1.807, 2.05) is 0 Å². The minimum atomic E-state index is -1.09. The molecule has 1 N–H and O–H groups in total. The highest BCUT2D eigenvalue weighted by Gasteiger charge is 2.11. The van der Waals surface area contributed by atoms with Crippen molar-refractivity contribution in [2.24, 2.45) is 0 Å². The van der Waals surface area contributed by atoms with Crippen molar-refractivity contribution in [1.82, 2.24) is 4.98 Å². The van der Waals surface area contributed by atoms with Gasteiger partial charge in [-0.3, -0.25) is 4.98 Å². The van der Waals surface area contributed by atoms with E-state index in [9.17, 15) is 9.18 Å². The van der Waals surface area contributed by atoms with Crippen LogP contribution in [0.25, 0.3) is 0 Å². The number of carboxylic acid groups (broad SMARTS) is 1. The van der Waals surface area contributed by atoms with Gasteiger partial charge in [-0.25, -0.2) is 9.18 Å². The molecule has 0 spiro atoms. The lowest BCUT2D eigenvalue weighted by atomic mass is 10.2. The molecule has 0 amide bonds. The predicted octanol–water partition coefficient (Wildman–Crippen LogP) is 3.26. The molecule has 0 aliphatic carbocycles. The van der Waals surface area contributed by atoms with Gasteiger partial charge in [0.25, 0.3) is 0 Å². The molecule has 0 atom stereocenters. The summed E-state index contributed by atoms with van der Waals surface area (Å²) in [7, 11) is 0. The van der Waals surface area contributed by atoms with Crippen LogP contribution >= 0.6 is 15.9 Å². The smallest absolute Gasteiger partial charge is 0.339 e. The van der Waals surface area contributed by atoms with Crippen molar-refractivity contribution in [3.05, 3.63) is 58.1 Å². The Morgan fingerprint density at radius 2 is 2.21 bits per heavy atom. The summed E-state index contributed by atoms with van der Waals surface area (Å²) in [6, 6.07) is 5.55. The maximum absolute atomic E-state index is 12.9. The molecule has 1 aromatic carbocycles. The van der Waals surface area contributed by atoms with Gasteiger partial charge >= 0.3 is 5.97 Å². The molecular formula is C13H9BrFNO3. The fraction of sp³-hybridized carbons (Fsp3) is 0.0769. The molecular weight excluding hydrogens is 317 g/mol. The minimum absolute atomic E-state index is 0.0354. The molecule has 1 aromatic heterocycles. The van der Waals surface area contributed by atoms with E-state index in [1.165, 1.54) is 30.6 Å². The molecule has 2 rings (SSSR count). The molecule has 0 fully saturated rings. The normalized spacial score (nSPS) is 10.2. The first-order chi connectivity index (χ1) is 9.08. The van der Waals surface area contributed by atoms with Crippen LogP contribution in [0.3, 0.4) is 0 Å². The van der Waals surface area contributed by atoms with Gasteiger partial charge in [0.2, 0.25) is 0 Å².